The first kappa shape index (κ1) is 10.7. The van der Waals surface area contributed by atoms with Crippen LogP contribution in [0.3, 0.4) is 0 Å². The van der Waals surface area contributed by atoms with Crippen LogP contribution in [0.4, 0.5) is 4.39 Å². The zero-order chi connectivity index (χ0) is 10.7. The molecule has 1 rings (SSSR count). The molecule has 0 bridgehead atoms. The molecule has 0 aliphatic rings. The summed E-state index contributed by atoms with van der Waals surface area (Å²) in [6, 6.07) is 3.64. The van der Waals surface area contributed by atoms with Gasteiger partial charge >= 0.3 is 0 Å². The second kappa shape index (κ2) is 4.20. The fourth-order valence-electron chi connectivity index (χ4n) is 1.000. The summed E-state index contributed by atoms with van der Waals surface area (Å²) in [4.78, 5) is 11.1. The smallest absolute Gasteiger partial charge is 0.180 e. The molecule has 14 heavy (non-hydrogen) atoms. The number of carbonyl (C=O) groups is 1. The van der Waals surface area contributed by atoms with Crippen molar-refractivity contribution in [1.82, 2.24) is 0 Å². The average Bonchev–Trinajstić information content (AvgIpc) is 2.16. The third kappa shape index (κ3) is 1.91. The van der Waals surface area contributed by atoms with Crippen LogP contribution in [0.15, 0.2) is 12.1 Å². The van der Waals surface area contributed by atoms with Crippen molar-refractivity contribution in [1.29, 1.82) is 5.26 Å². The van der Waals surface area contributed by atoms with E-state index in [0.29, 0.717) is 0 Å². The summed E-state index contributed by atoms with van der Waals surface area (Å²) in [5.41, 5.74) is -0.410. The van der Waals surface area contributed by atoms with E-state index in [1.54, 1.807) is 6.07 Å². The van der Waals surface area contributed by atoms with E-state index in [4.69, 9.17) is 5.26 Å². The van der Waals surface area contributed by atoms with Crippen molar-refractivity contribution in [3.63, 3.8) is 0 Å². The fourth-order valence-corrected chi connectivity index (χ4v) is 1.28. The van der Waals surface area contributed by atoms with Crippen LogP contribution in [0.1, 0.15) is 15.9 Å². The van der Waals surface area contributed by atoms with Crippen molar-refractivity contribution < 1.29 is 14.3 Å². The predicted octanol–water partition coefficient (Wildman–Crippen LogP) is 1.98. The number of benzene rings is 1. The van der Waals surface area contributed by atoms with E-state index in [1.165, 1.54) is 0 Å². The Balaban J connectivity index is 3.34. The molecule has 0 aromatic heterocycles. The second-order valence-electron chi connectivity index (χ2n) is 2.52. The van der Waals surface area contributed by atoms with Gasteiger partial charge in [0.25, 0.3) is 0 Å². The standard InChI is InChI=1S/C9H5BrFNO2/c10-3-8(14)9-6(11)1-5(4-12)2-7(9)13/h1-2,13H,3H2. The number of ketones is 1. The number of Topliss-reactive ketones (excluding diaryl/α,β-unsaturated/α-hetero) is 1. The molecule has 0 radical (unpaired) electrons. The molecule has 0 saturated carbocycles. The van der Waals surface area contributed by atoms with Crippen LogP contribution >= 0.6 is 15.9 Å². The third-order valence-corrected chi connectivity index (χ3v) is 2.11. The van der Waals surface area contributed by atoms with Gasteiger partial charge in [0.1, 0.15) is 11.6 Å². The highest BCUT2D eigenvalue weighted by Crippen LogP contribution is 2.23. The molecule has 0 atom stereocenters. The van der Waals surface area contributed by atoms with Crippen molar-refractivity contribution in [2.24, 2.45) is 0 Å². The lowest BCUT2D eigenvalue weighted by molar-refractivity contribution is 0.101. The molecule has 0 spiro atoms. The highest BCUT2D eigenvalue weighted by atomic mass is 79.9. The summed E-state index contributed by atoms with van der Waals surface area (Å²) in [7, 11) is 0. The number of nitriles is 1. The molecule has 1 aromatic carbocycles. The minimum Gasteiger partial charge on any atom is -0.507 e. The van der Waals surface area contributed by atoms with E-state index in [1.807, 2.05) is 0 Å². The van der Waals surface area contributed by atoms with Crippen molar-refractivity contribution >= 4 is 21.7 Å². The van der Waals surface area contributed by atoms with E-state index in [-0.39, 0.29) is 16.5 Å². The third-order valence-electron chi connectivity index (χ3n) is 1.60. The van der Waals surface area contributed by atoms with Gasteiger partial charge in [-0.3, -0.25) is 4.79 Å². The molecule has 5 heteroatoms. The Labute approximate surface area is 87.9 Å². The molecule has 0 aliphatic carbocycles. The zero-order valence-corrected chi connectivity index (χ0v) is 8.51. The molecule has 72 valence electrons. The number of alkyl halides is 1. The van der Waals surface area contributed by atoms with E-state index in [2.05, 4.69) is 15.9 Å². The molecular weight excluding hydrogens is 253 g/mol. The van der Waals surface area contributed by atoms with Crippen LogP contribution in [0.2, 0.25) is 0 Å². The number of aromatic hydroxyl groups is 1. The molecule has 0 fully saturated rings. The zero-order valence-electron chi connectivity index (χ0n) is 6.92. The Hall–Kier alpha value is -1.41. The molecule has 3 nitrogen and oxygen atoms in total. The Bertz CT molecular complexity index is 402. The Kier molecular flexibility index (Phi) is 3.20. The highest BCUT2D eigenvalue weighted by Gasteiger charge is 2.16. The molecule has 0 saturated heterocycles. The van der Waals surface area contributed by atoms with Crippen LogP contribution in [0.5, 0.6) is 5.75 Å². The summed E-state index contributed by atoms with van der Waals surface area (Å²) >= 11 is 2.86. The number of nitrogens with zero attached hydrogens (tertiary/aromatic N) is 1. The van der Waals surface area contributed by atoms with Crippen LogP contribution in [-0.4, -0.2) is 16.2 Å². The Morgan fingerprint density at radius 3 is 2.71 bits per heavy atom. The minimum absolute atomic E-state index is 0.0221. The maximum Gasteiger partial charge on any atom is 0.180 e. The van der Waals surface area contributed by atoms with Crippen molar-refractivity contribution in [3.05, 3.63) is 29.1 Å². The van der Waals surface area contributed by atoms with Crippen LogP contribution in [-0.2, 0) is 0 Å². The Morgan fingerprint density at radius 2 is 2.29 bits per heavy atom. The quantitative estimate of drug-likeness (QED) is 0.651. The van der Waals surface area contributed by atoms with Gasteiger partial charge in [-0.05, 0) is 12.1 Å². The summed E-state index contributed by atoms with van der Waals surface area (Å²) in [6.45, 7) is 0. The molecule has 1 N–H and O–H groups in total. The second-order valence-corrected chi connectivity index (χ2v) is 3.08. The summed E-state index contributed by atoms with van der Waals surface area (Å²) < 4.78 is 13.2. The van der Waals surface area contributed by atoms with Crippen molar-refractivity contribution in [3.8, 4) is 11.8 Å². The normalized spacial score (nSPS) is 9.50. The molecule has 0 aliphatic heterocycles. The lowest BCUT2D eigenvalue weighted by atomic mass is 10.1. The van der Waals surface area contributed by atoms with Crippen molar-refractivity contribution in [2.45, 2.75) is 0 Å². The fraction of sp³-hybridized carbons (Fsp3) is 0.111. The van der Waals surface area contributed by atoms with Gasteiger partial charge in [0.2, 0.25) is 0 Å². The van der Waals surface area contributed by atoms with Gasteiger partial charge in [-0.15, -0.1) is 0 Å². The largest absolute Gasteiger partial charge is 0.507 e. The van der Waals surface area contributed by atoms with Gasteiger partial charge in [0.15, 0.2) is 5.78 Å². The first-order chi connectivity index (χ1) is 6.60. The number of phenolic OH excluding ortho intramolecular Hbond substituents is 1. The van der Waals surface area contributed by atoms with Gasteiger partial charge in [-0.25, -0.2) is 4.39 Å². The first-order valence-electron chi connectivity index (χ1n) is 3.62. The number of hydrogen-bond donors (Lipinski definition) is 1. The molecule has 0 heterocycles. The van der Waals surface area contributed by atoms with E-state index < -0.39 is 17.3 Å². The summed E-state index contributed by atoms with van der Waals surface area (Å²) in [5, 5.41) is 17.6. The van der Waals surface area contributed by atoms with Gasteiger partial charge < -0.3 is 5.11 Å². The number of rotatable bonds is 2. The lowest BCUT2D eigenvalue weighted by Gasteiger charge is -2.03. The van der Waals surface area contributed by atoms with Gasteiger partial charge in [0.05, 0.1) is 22.5 Å². The highest BCUT2D eigenvalue weighted by molar-refractivity contribution is 9.09. The van der Waals surface area contributed by atoms with Gasteiger partial charge in [0, 0.05) is 0 Å². The maximum absolute atomic E-state index is 13.2. The Morgan fingerprint density at radius 1 is 1.64 bits per heavy atom. The molecular formula is C9H5BrFNO2. The number of phenols is 1. The van der Waals surface area contributed by atoms with E-state index in [0.717, 1.165) is 12.1 Å². The number of carbonyl (C=O) groups excluding carboxylic acids is 1. The average molecular weight is 258 g/mol. The number of hydrogen-bond acceptors (Lipinski definition) is 3. The minimum atomic E-state index is -0.883. The molecule has 0 amide bonds. The lowest BCUT2D eigenvalue weighted by Crippen LogP contribution is -2.04. The molecule has 0 unspecified atom stereocenters. The topological polar surface area (TPSA) is 61.1 Å². The first-order valence-corrected chi connectivity index (χ1v) is 4.74. The predicted molar refractivity (Wildman–Crippen MR) is 50.9 cm³/mol. The summed E-state index contributed by atoms with van der Waals surface area (Å²) in [6.07, 6.45) is 0. The maximum atomic E-state index is 13.2. The van der Waals surface area contributed by atoms with Crippen LogP contribution < -0.4 is 0 Å². The van der Waals surface area contributed by atoms with E-state index in [9.17, 15) is 14.3 Å². The monoisotopic (exact) mass is 257 g/mol. The SMILES string of the molecule is N#Cc1cc(O)c(C(=O)CBr)c(F)c1. The van der Waals surface area contributed by atoms with Crippen LogP contribution in [0.25, 0.3) is 0 Å². The van der Waals surface area contributed by atoms with Crippen molar-refractivity contribution in [2.75, 3.05) is 5.33 Å². The molecule has 1 aromatic rings. The van der Waals surface area contributed by atoms with Crippen LogP contribution in [0, 0.1) is 17.1 Å². The summed E-state index contributed by atoms with van der Waals surface area (Å²) in [5.74, 6) is -1.96. The number of halogens is 2. The van der Waals surface area contributed by atoms with Gasteiger partial charge in [-0.1, -0.05) is 15.9 Å². The van der Waals surface area contributed by atoms with E-state index >= 15 is 0 Å². The van der Waals surface area contributed by atoms with Gasteiger partial charge in [-0.2, -0.15) is 5.26 Å².